The maximum atomic E-state index is 11.2. The van der Waals surface area contributed by atoms with Crippen molar-refractivity contribution in [2.24, 2.45) is 0 Å². The Balaban J connectivity index is 2.06. The van der Waals surface area contributed by atoms with Crippen LogP contribution in [0.4, 0.5) is 5.69 Å². The van der Waals surface area contributed by atoms with Crippen LogP contribution in [0.1, 0.15) is 5.69 Å². The number of imidazole rings is 1. The summed E-state index contributed by atoms with van der Waals surface area (Å²) in [7, 11) is 0. The molecule has 3 rings (SSSR count). The summed E-state index contributed by atoms with van der Waals surface area (Å²) >= 11 is 6.84. The summed E-state index contributed by atoms with van der Waals surface area (Å²) in [5.74, 6) is 0. The molecule has 21 heavy (non-hydrogen) atoms. The largest absolute Gasteiger partial charge is 0.333 e. The molecule has 0 aliphatic heterocycles. The van der Waals surface area contributed by atoms with Crippen molar-refractivity contribution in [2.45, 2.75) is 17.1 Å². The van der Waals surface area contributed by atoms with E-state index in [2.05, 4.69) is 19.9 Å². The van der Waals surface area contributed by atoms with Crippen molar-refractivity contribution in [3.8, 4) is 0 Å². The maximum absolute atomic E-state index is 11.2. The predicted octanol–water partition coefficient (Wildman–Crippen LogP) is 3.37. The van der Waals surface area contributed by atoms with Gasteiger partial charge in [-0.25, -0.2) is 15.0 Å². The minimum absolute atomic E-state index is 0.0308. The number of hydrogen-bond acceptors (Lipinski definition) is 6. The fourth-order valence-electron chi connectivity index (χ4n) is 1.86. The Morgan fingerprint density at radius 1 is 1.29 bits per heavy atom. The Bertz CT molecular complexity index is 818. The maximum Gasteiger partial charge on any atom is 0.322 e. The number of halogens is 1. The Morgan fingerprint density at radius 2 is 2.05 bits per heavy atom. The summed E-state index contributed by atoms with van der Waals surface area (Å²) in [6, 6.07) is 7.47. The molecule has 2 aromatic heterocycles. The molecule has 3 aromatic rings. The number of H-pyrrole nitrogens is 1. The van der Waals surface area contributed by atoms with E-state index >= 15 is 0 Å². The molecule has 7 nitrogen and oxygen atoms in total. The average Bonchev–Trinajstić information content (AvgIpc) is 2.79. The van der Waals surface area contributed by atoms with E-state index in [4.69, 9.17) is 11.6 Å². The molecule has 0 radical (unpaired) electrons. The zero-order valence-corrected chi connectivity index (χ0v) is 12.3. The van der Waals surface area contributed by atoms with Crippen molar-refractivity contribution in [3.05, 3.63) is 45.4 Å². The molecule has 0 atom stereocenters. The number of aromatic nitrogens is 4. The highest BCUT2D eigenvalue weighted by molar-refractivity contribution is 7.99. The number of fused-ring (bicyclic) bond motifs is 1. The van der Waals surface area contributed by atoms with Crippen molar-refractivity contribution in [1.82, 2.24) is 19.9 Å². The van der Waals surface area contributed by atoms with Crippen molar-refractivity contribution in [3.63, 3.8) is 0 Å². The van der Waals surface area contributed by atoms with Crippen LogP contribution in [0.2, 0.25) is 5.28 Å². The number of nitro groups is 1. The Labute approximate surface area is 127 Å². The Kier molecular flexibility index (Phi) is 3.48. The van der Waals surface area contributed by atoms with Crippen LogP contribution in [0.15, 0.2) is 34.4 Å². The molecule has 0 unspecified atom stereocenters. The van der Waals surface area contributed by atoms with Crippen LogP contribution in [0, 0.1) is 17.0 Å². The van der Waals surface area contributed by atoms with Crippen molar-refractivity contribution < 1.29 is 4.92 Å². The molecular formula is C12H8ClN5O2S. The number of para-hydroxylation sites is 2. The lowest BCUT2D eigenvalue weighted by Crippen LogP contribution is -2.00. The van der Waals surface area contributed by atoms with Crippen LogP contribution in [0.25, 0.3) is 11.0 Å². The molecule has 0 spiro atoms. The van der Waals surface area contributed by atoms with E-state index in [1.165, 1.54) is 6.92 Å². The van der Waals surface area contributed by atoms with Crippen LogP contribution in [-0.4, -0.2) is 24.9 Å². The highest BCUT2D eigenvalue weighted by Gasteiger charge is 2.23. The number of nitrogens with zero attached hydrogens (tertiary/aromatic N) is 4. The first-order valence-electron chi connectivity index (χ1n) is 5.85. The lowest BCUT2D eigenvalue weighted by molar-refractivity contribution is -0.389. The van der Waals surface area contributed by atoms with Gasteiger partial charge in [-0.2, -0.15) is 0 Å². The molecule has 0 fully saturated rings. The minimum atomic E-state index is -0.517. The number of nitrogens with one attached hydrogen (secondary N) is 1. The SMILES string of the molecule is Cc1nc(Cl)nc(Sc2nc3ccccc3[nH]2)c1[N+](=O)[O-]. The van der Waals surface area contributed by atoms with E-state index in [1.807, 2.05) is 24.3 Å². The van der Waals surface area contributed by atoms with Crippen LogP contribution < -0.4 is 0 Å². The van der Waals surface area contributed by atoms with E-state index < -0.39 is 4.92 Å². The van der Waals surface area contributed by atoms with Gasteiger partial charge in [0.1, 0.15) is 5.69 Å². The number of benzene rings is 1. The number of hydrogen-bond donors (Lipinski definition) is 1. The van der Waals surface area contributed by atoms with Gasteiger partial charge >= 0.3 is 5.69 Å². The van der Waals surface area contributed by atoms with Crippen LogP contribution in [-0.2, 0) is 0 Å². The van der Waals surface area contributed by atoms with Crippen molar-refractivity contribution >= 4 is 40.1 Å². The fourth-order valence-corrected chi connectivity index (χ4v) is 3.06. The molecule has 0 aliphatic rings. The molecular weight excluding hydrogens is 314 g/mol. The zero-order valence-electron chi connectivity index (χ0n) is 10.7. The van der Waals surface area contributed by atoms with Gasteiger partial charge in [0, 0.05) is 0 Å². The monoisotopic (exact) mass is 321 g/mol. The first kappa shape index (κ1) is 13.8. The second-order valence-electron chi connectivity index (χ2n) is 4.15. The summed E-state index contributed by atoms with van der Waals surface area (Å²) in [6.45, 7) is 1.52. The molecule has 0 saturated heterocycles. The second kappa shape index (κ2) is 5.30. The minimum Gasteiger partial charge on any atom is -0.333 e. The van der Waals surface area contributed by atoms with Gasteiger partial charge in [0.2, 0.25) is 5.28 Å². The molecule has 0 bridgehead atoms. The molecule has 0 amide bonds. The molecule has 1 N–H and O–H groups in total. The predicted molar refractivity (Wildman–Crippen MR) is 78.7 cm³/mol. The van der Waals surface area contributed by atoms with Gasteiger partial charge in [-0.15, -0.1) is 0 Å². The van der Waals surface area contributed by atoms with Crippen LogP contribution in [0.5, 0.6) is 0 Å². The number of aromatic amines is 1. The third kappa shape index (κ3) is 2.67. The van der Waals surface area contributed by atoms with Crippen LogP contribution in [0.3, 0.4) is 0 Å². The van der Waals surface area contributed by atoms with Gasteiger partial charge in [-0.05, 0) is 42.4 Å². The summed E-state index contributed by atoms with van der Waals surface area (Å²) in [5.41, 5.74) is 1.68. The Hall–Kier alpha value is -2.19. The first-order valence-corrected chi connectivity index (χ1v) is 7.05. The van der Waals surface area contributed by atoms with E-state index in [9.17, 15) is 10.1 Å². The molecule has 1 aromatic carbocycles. The summed E-state index contributed by atoms with van der Waals surface area (Å²) < 4.78 is 0. The highest BCUT2D eigenvalue weighted by atomic mass is 35.5. The van der Waals surface area contributed by atoms with Gasteiger partial charge in [-0.1, -0.05) is 12.1 Å². The third-order valence-electron chi connectivity index (χ3n) is 2.74. The molecule has 0 aliphatic carbocycles. The topological polar surface area (TPSA) is 97.6 Å². The quantitative estimate of drug-likeness (QED) is 0.344. The number of aryl methyl sites for hydroxylation is 1. The van der Waals surface area contributed by atoms with Gasteiger partial charge < -0.3 is 4.98 Å². The summed E-state index contributed by atoms with van der Waals surface area (Å²) in [4.78, 5) is 25.8. The number of rotatable bonds is 3. The van der Waals surface area contributed by atoms with Crippen molar-refractivity contribution in [1.29, 1.82) is 0 Å². The molecule has 9 heteroatoms. The zero-order chi connectivity index (χ0) is 15.0. The molecule has 2 heterocycles. The molecule has 106 valence electrons. The first-order chi connectivity index (χ1) is 10.0. The summed E-state index contributed by atoms with van der Waals surface area (Å²) in [6.07, 6.45) is 0. The van der Waals surface area contributed by atoms with E-state index in [0.29, 0.717) is 5.16 Å². The van der Waals surface area contributed by atoms with Gasteiger partial charge in [-0.3, -0.25) is 10.1 Å². The van der Waals surface area contributed by atoms with E-state index in [0.717, 1.165) is 22.8 Å². The van der Waals surface area contributed by atoms with E-state index in [1.54, 1.807) is 0 Å². The van der Waals surface area contributed by atoms with Gasteiger partial charge in [0.25, 0.3) is 0 Å². The van der Waals surface area contributed by atoms with Gasteiger partial charge in [0.15, 0.2) is 10.2 Å². The lowest BCUT2D eigenvalue weighted by atomic mass is 10.3. The second-order valence-corrected chi connectivity index (χ2v) is 5.47. The smallest absolute Gasteiger partial charge is 0.322 e. The average molecular weight is 322 g/mol. The standard InChI is InChI=1S/C12H8ClN5O2S/c1-6-9(18(19)20)10(17-11(13)14-6)21-12-15-7-4-2-3-5-8(7)16-12/h2-5H,1H3,(H,15,16). The fraction of sp³-hybridized carbons (Fsp3) is 0.0833. The Morgan fingerprint density at radius 3 is 2.76 bits per heavy atom. The molecule has 0 saturated carbocycles. The van der Waals surface area contributed by atoms with Crippen molar-refractivity contribution in [2.75, 3.05) is 0 Å². The lowest BCUT2D eigenvalue weighted by Gasteiger charge is -2.02. The normalized spacial score (nSPS) is 11.0. The highest BCUT2D eigenvalue weighted by Crippen LogP contribution is 2.34. The van der Waals surface area contributed by atoms with E-state index in [-0.39, 0.29) is 21.7 Å². The summed E-state index contributed by atoms with van der Waals surface area (Å²) in [5, 5.41) is 11.8. The van der Waals surface area contributed by atoms with Crippen LogP contribution >= 0.6 is 23.4 Å². The third-order valence-corrected chi connectivity index (χ3v) is 3.78. The van der Waals surface area contributed by atoms with Gasteiger partial charge in [0.05, 0.1) is 16.0 Å².